The molecule has 0 saturated heterocycles. The van der Waals surface area contributed by atoms with E-state index in [-0.39, 0.29) is 5.28 Å². The molecule has 3 N–H and O–H groups in total. The summed E-state index contributed by atoms with van der Waals surface area (Å²) in [5, 5.41) is 5.53. The average molecular weight is 377 g/mol. The van der Waals surface area contributed by atoms with Crippen molar-refractivity contribution in [2.24, 2.45) is 5.73 Å². The number of hydrogen-bond donors (Lipinski definition) is 2. The zero-order chi connectivity index (χ0) is 17.6. The van der Waals surface area contributed by atoms with Crippen molar-refractivity contribution in [2.75, 3.05) is 5.32 Å². The predicted molar refractivity (Wildman–Crippen MR) is 104 cm³/mol. The summed E-state index contributed by atoms with van der Waals surface area (Å²) in [6.07, 6.45) is 9.45. The van der Waals surface area contributed by atoms with E-state index in [2.05, 4.69) is 27.4 Å². The van der Waals surface area contributed by atoms with Crippen molar-refractivity contribution in [1.82, 2.24) is 9.97 Å². The Morgan fingerprint density at radius 2 is 2.28 bits per heavy atom. The zero-order valence-electron chi connectivity index (χ0n) is 14.0. The third kappa shape index (κ3) is 4.81. The molecule has 0 bridgehead atoms. The van der Waals surface area contributed by atoms with Gasteiger partial charge in [0.15, 0.2) is 0 Å². The Kier molecular flexibility index (Phi) is 6.07. The summed E-state index contributed by atoms with van der Waals surface area (Å²) in [5.41, 5.74) is 7.60. The summed E-state index contributed by atoms with van der Waals surface area (Å²) in [6.45, 7) is 2.59. The van der Waals surface area contributed by atoms with E-state index >= 15 is 0 Å². The summed E-state index contributed by atoms with van der Waals surface area (Å²) in [5.74, 6) is 1.60. The van der Waals surface area contributed by atoms with E-state index in [1.165, 1.54) is 12.8 Å². The summed E-state index contributed by atoms with van der Waals surface area (Å²) in [6, 6.07) is 4.21. The molecule has 0 aromatic carbocycles. The highest BCUT2D eigenvalue weighted by molar-refractivity contribution is 7.18. The highest BCUT2D eigenvalue weighted by Gasteiger charge is 2.10. The molecule has 132 valence electrons. The number of nitrogens with one attached hydrogen (secondary N) is 1. The molecule has 0 amide bonds. The first-order chi connectivity index (χ1) is 12.1. The van der Waals surface area contributed by atoms with E-state index in [0.29, 0.717) is 12.6 Å². The van der Waals surface area contributed by atoms with E-state index in [9.17, 15) is 0 Å². The molecule has 1 atom stereocenters. The Bertz CT molecular complexity index is 844. The number of allylic oxidation sites excluding steroid dienone is 1. The molecule has 25 heavy (non-hydrogen) atoms. The molecule has 0 saturated carbocycles. The number of nitrogens with zero attached hydrogens (tertiary/aromatic N) is 2. The number of nitrogens with two attached hydrogens (primary N) is 1. The molecule has 5 nitrogen and oxygen atoms in total. The van der Waals surface area contributed by atoms with Crippen molar-refractivity contribution in [3.05, 3.63) is 52.5 Å². The lowest BCUT2D eigenvalue weighted by Gasteiger charge is -2.09. The monoisotopic (exact) mass is 376 g/mol. The smallest absolute Gasteiger partial charge is 0.224 e. The Labute approximate surface area is 155 Å². The summed E-state index contributed by atoms with van der Waals surface area (Å²) >= 11 is 7.54. The average Bonchev–Trinajstić information content (AvgIpc) is 3.25. The number of anilines is 1. The molecule has 4 rings (SSSR count). The van der Waals surface area contributed by atoms with Crippen LogP contribution in [-0.2, 0) is 6.54 Å². The van der Waals surface area contributed by atoms with Crippen molar-refractivity contribution in [2.45, 2.75) is 38.8 Å². The number of aryl methyl sites for hydroxylation is 1. The number of halogens is 1. The van der Waals surface area contributed by atoms with Crippen molar-refractivity contribution in [1.29, 1.82) is 0 Å². The molecular weight excluding hydrogens is 356 g/mol. The first-order valence-electron chi connectivity index (χ1n) is 8.21. The minimum absolute atomic E-state index is 0.256. The van der Waals surface area contributed by atoms with Crippen LogP contribution in [0.25, 0.3) is 10.2 Å². The quantitative estimate of drug-likeness (QED) is 0.501. The largest absolute Gasteiger partial charge is 0.467 e. The van der Waals surface area contributed by atoms with Gasteiger partial charge in [-0.05, 0) is 60.9 Å². The van der Waals surface area contributed by atoms with Gasteiger partial charge in [0.2, 0.25) is 5.28 Å². The van der Waals surface area contributed by atoms with Gasteiger partial charge in [0.05, 0.1) is 23.0 Å². The maximum atomic E-state index is 5.93. The van der Waals surface area contributed by atoms with Gasteiger partial charge in [0.25, 0.3) is 0 Å². The standard InChI is InChI=1S/C12H10ClN3OS.C6H11N/c1-7-6-18-10-9(7)15-12(13)16-11(10)14-5-8-3-2-4-17-8;7-6-4-2-1-3-5-6/h2-4,6H,5H2,1H3,(H,14,15,16);1-2,6H,3-5,7H2. The third-order valence-corrected chi connectivity index (χ3v) is 5.15. The van der Waals surface area contributed by atoms with Crippen molar-refractivity contribution in [3.63, 3.8) is 0 Å². The molecular formula is C18H21ClN4OS. The molecule has 1 aliphatic carbocycles. The van der Waals surface area contributed by atoms with Crippen LogP contribution >= 0.6 is 22.9 Å². The highest BCUT2D eigenvalue weighted by Crippen LogP contribution is 2.30. The molecule has 3 heterocycles. The maximum Gasteiger partial charge on any atom is 0.224 e. The van der Waals surface area contributed by atoms with Crippen LogP contribution in [0.4, 0.5) is 5.82 Å². The number of rotatable bonds is 3. The van der Waals surface area contributed by atoms with Crippen LogP contribution in [0, 0.1) is 6.92 Å². The van der Waals surface area contributed by atoms with Crippen LogP contribution in [0.3, 0.4) is 0 Å². The van der Waals surface area contributed by atoms with Crippen molar-refractivity contribution < 1.29 is 4.42 Å². The minimum Gasteiger partial charge on any atom is -0.467 e. The van der Waals surface area contributed by atoms with Crippen LogP contribution in [0.1, 0.15) is 30.6 Å². The molecule has 0 fully saturated rings. The zero-order valence-corrected chi connectivity index (χ0v) is 15.6. The van der Waals surface area contributed by atoms with Gasteiger partial charge in [-0.25, -0.2) is 4.98 Å². The van der Waals surface area contributed by atoms with Gasteiger partial charge in [-0.15, -0.1) is 11.3 Å². The normalized spacial score (nSPS) is 16.5. The molecule has 1 aliphatic rings. The van der Waals surface area contributed by atoms with Gasteiger partial charge in [-0.3, -0.25) is 0 Å². The summed E-state index contributed by atoms with van der Waals surface area (Å²) in [7, 11) is 0. The number of furan rings is 1. The number of aromatic nitrogens is 2. The van der Waals surface area contributed by atoms with Crippen molar-refractivity contribution >= 4 is 39.0 Å². The third-order valence-electron chi connectivity index (χ3n) is 3.89. The van der Waals surface area contributed by atoms with Gasteiger partial charge >= 0.3 is 0 Å². The Morgan fingerprint density at radius 1 is 1.40 bits per heavy atom. The van der Waals surface area contributed by atoms with Gasteiger partial charge in [-0.1, -0.05) is 12.2 Å². The van der Waals surface area contributed by atoms with Crippen LogP contribution in [0.15, 0.2) is 40.3 Å². The molecule has 3 aromatic rings. The van der Waals surface area contributed by atoms with E-state index in [4.69, 9.17) is 21.8 Å². The van der Waals surface area contributed by atoms with E-state index in [1.54, 1.807) is 17.6 Å². The topological polar surface area (TPSA) is 77.0 Å². The fraction of sp³-hybridized carbons (Fsp3) is 0.333. The lowest BCUT2D eigenvalue weighted by atomic mass is 10.0. The first kappa shape index (κ1) is 17.9. The minimum atomic E-state index is 0.256. The lowest BCUT2D eigenvalue weighted by molar-refractivity contribution is 0.518. The van der Waals surface area contributed by atoms with E-state index < -0.39 is 0 Å². The Morgan fingerprint density at radius 3 is 2.92 bits per heavy atom. The number of thiophene rings is 1. The second-order valence-corrected chi connectivity index (χ2v) is 7.13. The van der Waals surface area contributed by atoms with Crippen LogP contribution < -0.4 is 11.1 Å². The summed E-state index contributed by atoms with van der Waals surface area (Å²) < 4.78 is 6.28. The van der Waals surface area contributed by atoms with Crippen LogP contribution in [0.5, 0.6) is 0 Å². The lowest BCUT2D eigenvalue weighted by Crippen LogP contribution is -2.19. The second-order valence-electron chi connectivity index (χ2n) is 5.92. The number of hydrogen-bond acceptors (Lipinski definition) is 6. The highest BCUT2D eigenvalue weighted by atomic mass is 35.5. The first-order valence-corrected chi connectivity index (χ1v) is 9.47. The van der Waals surface area contributed by atoms with Gasteiger partial charge < -0.3 is 15.5 Å². The molecule has 1 unspecified atom stereocenters. The summed E-state index contributed by atoms with van der Waals surface area (Å²) in [4.78, 5) is 8.47. The van der Waals surface area contributed by atoms with E-state index in [0.717, 1.165) is 33.8 Å². The SMILES string of the molecule is Cc1csc2c(NCc3ccco3)nc(Cl)nc12.NC1CC=CCC1. The number of fused-ring (bicyclic) bond motifs is 1. The second kappa shape index (κ2) is 8.47. The molecule has 0 aliphatic heterocycles. The van der Waals surface area contributed by atoms with Gasteiger partial charge in [-0.2, -0.15) is 4.98 Å². The predicted octanol–water partition coefficient (Wildman–Crippen LogP) is 4.91. The fourth-order valence-corrected chi connectivity index (χ4v) is 3.65. The Balaban J connectivity index is 0.000000219. The Hall–Kier alpha value is -1.89. The van der Waals surface area contributed by atoms with Crippen molar-refractivity contribution in [3.8, 4) is 0 Å². The van der Waals surface area contributed by atoms with E-state index in [1.807, 2.05) is 24.4 Å². The maximum absolute atomic E-state index is 5.93. The van der Waals surface area contributed by atoms with Gasteiger partial charge in [0, 0.05) is 6.04 Å². The van der Waals surface area contributed by atoms with Crippen LogP contribution in [-0.4, -0.2) is 16.0 Å². The fourth-order valence-electron chi connectivity index (χ4n) is 2.53. The molecule has 7 heteroatoms. The molecule has 3 aromatic heterocycles. The van der Waals surface area contributed by atoms with Crippen LogP contribution in [0.2, 0.25) is 5.28 Å². The molecule has 0 spiro atoms. The van der Waals surface area contributed by atoms with Gasteiger partial charge in [0.1, 0.15) is 11.6 Å². The molecule has 0 radical (unpaired) electrons.